The number of piperidine rings is 1. The smallest absolute Gasteiger partial charge is 0.410 e. The van der Waals surface area contributed by atoms with Gasteiger partial charge in [0.05, 0.1) is 13.2 Å². The van der Waals surface area contributed by atoms with Crippen LogP contribution in [0.25, 0.3) is 0 Å². The molecule has 2 aromatic rings. The van der Waals surface area contributed by atoms with E-state index in [1.807, 2.05) is 6.92 Å². The predicted molar refractivity (Wildman–Crippen MR) is 110 cm³/mol. The third-order valence-corrected chi connectivity index (χ3v) is 6.26. The van der Waals surface area contributed by atoms with Crippen LogP contribution < -0.4 is 10.1 Å². The standard InChI is InChI=1S/C22H27F3N4O2/c1-3-15-8-4-5-10-28(15)21(30)18-13-20-26-17(14-7-6-9-16(11-14)31-2)12-19(22(23,24)25)29(20)27-18/h6-7,9,11,13,15,17,19,26H,3-5,8,10,12H2,1-2H3/t15-,17+,19+/m1/s1. The van der Waals surface area contributed by atoms with Crippen LogP contribution in [0.4, 0.5) is 19.0 Å². The highest BCUT2D eigenvalue weighted by atomic mass is 19.4. The second-order valence-corrected chi connectivity index (χ2v) is 8.18. The number of halogens is 3. The van der Waals surface area contributed by atoms with E-state index in [2.05, 4.69) is 10.4 Å². The number of fused-ring (bicyclic) bond motifs is 1. The molecule has 1 fully saturated rings. The average Bonchev–Trinajstić information content (AvgIpc) is 3.21. The zero-order chi connectivity index (χ0) is 22.2. The Morgan fingerprint density at radius 1 is 1.29 bits per heavy atom. The third-order valence-electron chi connectivity index (χ3n) is 6.26. The zero-order valence-corrected chi connectivity index (χ0v) is 17.7. The van der Waals surface area contributed by atoms with Gasteiger partial charge in [0.25, 0.3) is 5.91 Å². The molecule has 0 bridgehead atoms. The second kappa shape index (κ2) is 8.43. The van der Waals surface area contributed by atoms with Gasteiger partial charge in [0, 0.05) is 25.1 Å². The molecule has 0 aliphatic carbocycles. The summed E-state index contributed by atoms with van der Waals surface area (Å²) in [5, 5.41) is 7.27. The molecule has 0 saturated carbocycles. The lowest BCUT2D eigenvalue weighted by Crippen LogP contribution is -2.43. The molecule has 1 saturated heterocycles. The van der Waals surface area contributed by atoms with E-state index < -0.39 is 18.3 Å². The van der Waals surface area contributed by atoms with Gasteiger partial charge in [-0.15, -0.1) is 0 Å². The van der Waals surface area contributed by atoms with E-state index >= 15 is 0 Å². The summed E-state index contributed by atoms with van der Waals surface area (Å²) in [5.41, 5.74) is 0.749. The van der Waals surface area contributed by atoms with Crippen molar-refractivity contribution in [3.8, 4) is 5.75 Å². The molecule has 1 aromatic carbocycles. The Bertz CT molecular complexity index is 943. The van der Waals surface area contributed by atoms with E-state index in [1.54, 1.807) is 29.2 Å². The highest BCUT2D eigenvalue weighted by Gasteiger charge is 2.47. The van der Waals surface area contributed by atoms with Crippen molar-refractivity contribution < 1.29 is 22.7 Å². The fourth-order valence-corrected chi connectivity index (χ4v) is 4.59. The van der Waals surface area contributed by atoms with E-state index in [1.165, 1.54) is 13.2 Å². The van der Waals surface area contributed by atoms with Crippen molar-refractivity contribution in [1.82, 2.24) is 14.7 Å². The van der Waals surface area contributed by atoms with Crippen molar-refractivity contribution in [2.24, 2.45) is 0 Å². The summed E-state index contributed by atoms with van der Waals surface area (Å²) in [4.78, 5) is 14.9. The van der Waals surface area contributed by atoms with E-state index in [-0.39, 0.29) is 29.9 Å². The topological polar surface area (TPSA) is 59.4 Å². The minimum atomic E-state index is -4.49. The van der Waals surface area contributed by atoms with Gasteiger partial charge in [-0.1, -0.05) is 19.1 Å². The molecule has 0 spiro atoms. The summed E-state index contributed by atoms with van der Waals surface area (Å²) in [5.74, 6) is 0.484. The molecule has 4 rings (SSSR count). The number of ether oxygens (including phenoxy) is 1. The van der Waals surface area contributed by atoms with Crippen molar-refractivity contribution in [3.63, 3.8) is 0 Å². The number of carbonyl (C=O) groups is 1. The summed E-state index contributed by atoms with van der Waals surface area (Å²) < 4.78 is 47.9. The van der Waals surface area contributed by atoms with Crippen LogP contribution in [0.3, 0.4) is 0 Å². The van der Waals surface area contributed by atoms with Crippen molar-refractivity contribution in [2.45, 2.75) is 63.3 Å². The van der Waals surface area contributed by atoms with Crippen LogP contribution in [-0.2, 0) is 0 Å². The van der Waals surface area contributed by atoms with Crippen LogP contribution in [0, 0.1) is 0 Å². The molecule has 3 heterocycles. The minimum absolute atomic E-state index is 0.0587. The number of nitrogens with one attached hydrogen (secondary N) is 1. The SMILES string of the molecule is CC[C@@H]1CCCCN1C(=O)c1cc2n(n1)[C@H](C(F)(F)F)C[C@@H](c1cccc(OC)c1)N2. The van der Waals surface area contributed by atoms with Gasteiger partial charge in [-0.25, -0.2) is 4.68 Å². The van der Waals surface area contributed by atoms with Gasteiger partial charge >= 0.3 is 6.18 Å². The Morgan fingerprint density at radius 2 is 2.10 bits per heavy atom. The number of aromatic nitrogens is 2. The Kier molecular flexibility index (Phi) is 5.85. The molecule has 168 valence electrons. The maximum atomic E-state index is 13.9. The fraction of sp³-hybridized carbons (Fsp3) is 0.545. The quantitative estimate of drug-likeness (QED) is 0.736. The van der Waals surface area contributed by atoms with E-state index in [9.17, 15) is 18.0 Å². The Hall–Kier alpha value is -2.71. The molecule has 1 aromatic heterocycles. The molecule has 2 aliphatic heterocycles. The highest BCUT2D eigenvalue weighted by molar-refractivity contribution is 5.93. The van der Waals surface area contributed by atoms with Crippen molar-refractivity contribution in [3.05, 3.63) is 41.6 Å². The lowest BCUT2D eigenvalue weighted by molar-refractivity contribution is -0.173. The Balaban J connectivity index is 1.66. The Labute approximate surface area is 179 Å². The van der Waals surface area contributed by atoms with Gasteiger partial charge in [0.1, 0.15) is 11.6 Å². The van der Waals surface area contributed by atoms with Crippen molar-refractivity contribution >= 4 is 11.7 Å². The maximum Gasteiger partial charge on any atom is 0.410 e. The molecular weight excluding hydrogens is 409 g/mol. The first-order chi connectivity index (χ1) is 14.8. The number of hydrogen-bond donors (Lipinski definition) is 1. The second-order valence-electron chi connectivity index (χ2n) is 8.18. The number of nitrogens with zero attached hydrogens (tertiary/aromatic N) is 3. The summed E-state index contributed by atoms with van der Waals surface area (Å²) in [6.45, 7) is 2.64. The molecule has 9 heteroatoms. The van der Waals surface area contributed by atoms with Gasteiger partial charge in [0.2, 0.25) is 0 Å². The zero-order valence-electron chi connectivity index (χ0n) is 17.7. The molecule has 31 heavy (non-hydrogen) atoms. The van der Waals surface area contributed by atoms with Crippen LogP contribution in [-0.4, -0.2) is 46.5 Å². The summed E-state index contributed by atoms with van der Waals surface area (Å²) in [6, 6.07) is 6.16. The largest absolute Gasteiger partial charge is 0.497 e. The molecule has 6 nitrogen and oxygen atoms in total. The average molecular weight is 436 g/mol. The van der Waals surface area contributed by atoms with Crippen LogP contribution in [0.15, 0.2) is 30.3 Å². The van der Waals surface area contributed by atoms with Gasteiger partial charge < -0.3 is 15.0 Å². The highest BCUT2D eigenvalue weighted by Crippen LogP contribution is 2.44. The number of alkyl halides is 3. The van der Waals surface area contributed by atoms with Gasteiger partial charge in [0.15, 0.2) is 11.7 Å². The minimum Gasteiger partial charge on any atom is -0.497 e. The number of benzene rings is 1. The Morgan fingerprint density at radius 3 is 2.81 bits per heavy atom. The van der Waals surface area contributed by atoms with Gasteiger partial charge in [-0.05, 0) is 43.4 Å². The summed E-state index contributed by atoms with van der Waals surface area (Å²) in [6.07, 6.45) is -1.02. The first-order valence-electron chi connectivity index (χ1n) is 10.7. The fourth-order valence-electron chi connectivity index (χ4n) is 4.59. The van der Waals surface area contributed by atoms with E-state index in [0.717, 1.165) is 30.4 Å². The lowest BCUT2D eigenvalue weighted by Gasteiger charge is -2.34. The molecule has 1 amide bonds. The number of anilines is 1. The lowest BCUT2D eigenvalue weighted by atomic mass is 9.97. The third kappa shape index (κ3) is 4.22. The number of hydrogen-bond acceptors (Lipinski definition) is 4. The maximum absolute atomic E-state index is 13.9. The van der Waals surface area contributed by atoms with E-state index in [4.69, 9.17) is 4.74 Å². The van der Waals surface area contributed by atoms with Crippen LogP contribution in [0.1, 0.15) is 67.2 Å². The number of amides is 1. The van der Waals surface area contributed by atoms with Crippen LogP contribution in [0.2, 0.25) is 0 Å². The number of rotatable bonds is 4. The first-order valence-corrected chi connectivity index (χ1v) is 10.7. The van der Waals surface area contributed by atoms with Gasteiger partial charge in [-0.3, -0.25) is 4.79 Å². The molecule has 0 radical (unpaired) electrons. The van der Waals surface area contributed by atoms with Crippen LogP contribution >= 0.6 is 0 Å². The normalized spacial score (nSPS) is 23.8. The molecule has 3 atom stereocenters. The van der Waals surface area contributed by atoms with Crippen molar-refractivity contribution in [2.75, 3.05) is 19.0 Å². The molecule has 1 N–H and O–H groups in total. The van der Waals surface area contributed by atoms with Gasteiger partial charge in [-0.2, -0.15) is 18.3 Å². The number of methoxy groups -OCH3 is 1. The van der Waals surface area contributed by atoms with Crippen LogP contribution in [0.5, 0.6) is 5.75 Å². The van der Waals surface area contributed by atoms with E-state index in [0.29, 0.717) is 17.9 Å². The molecule has 0 unspecified atom stereocenters. The predicted octanol–water partition coefficient (Wildman–Crippen LogP) is 4.96. The molecule has 2 aliphatic rings. The first kappa shape index (κ1) is 21.5. The summed E-state index contributed by atoms with van der Waals surface area (Å²) >= 11 is 0. The molecular formula is C22H27F3N4O2. The number of carbonyl (C=O) groups excluding carboxylic acids is 1. The number of likely N-dealkylation sites (tertiary alicyclic amines) is 1. The van der Waals surface area contributed by atoms with Crippen molar-refractivity contribution in [1.29, 1.82) is 0 Å². The summed E-state index contributed by atoms with van der Waals surface area (Å²) in [7, 11) is 1.52. The monoisotopic (exact) mass is 436 g/mol.